The van der Waals surface area contributed by atoms with E-state index in [2.05, 4.69) is 28.9 Å². The number of nitrogens with zero attached hydrogens (tertiary/aromatic N) is 2. The quantitative estimate of drug-likeness (QED) is 0.842. The summed E-state index contributed by atoms with van der Waals surface area (Å²) >= 11 is 1.82. The molecule has 5 heteroatoms. The van der Waals surface area contributed by atoms with Crippen molar-refractivity contribution in [2.24, 2.45) is 4.99 Å². The van der Waals surface area contributed by atoms with Crippen LogP contribution in [0.4, 0.5) is 0 Å². The molecule has 0 fully saturated rings. The Morgan fingerprint density at radius 1 is 1.41 bits per heavy atom. The molecule has 0 saturated carbocycles. The van der Waals surface area contributed by atoms with Crippen LogP contribution >= 0.6 is 11.8 Å². The van der Waals surface area contributed by atoms with Gasteiger partial charge in [0.2, 0.25) is 0 Å². The number of furan rings is 1. The molecule has 3 heterocycles. The molecule has 4 rings (SSSR count). The van der Waals surface area contributed by atoms with Crippen LogP contribution in [0, 0.1) is 0 Å². The van der Waals surface area contributed by atoms with Gasteiger partial charge in [0.25, 0.3) is 0 Å². The van der Waals surface area contributed by atoms with Crippen molar-refractivity contribution in [3.63, 3.8) is 0 Å². The first-order valence-electron chi connectivity index (χ1n) is 7.60. The van der Waals surface area contributed by atoms with Crippen LogP contribution in [-0.2, 0) is 0 Å². The van der Waals surface area contributed by atoms with Crippen LogP contribution in [-0.4, -0.2) is 30.3 Å². The summed E-state index contributed by atoms with van der Waals surface area (Å²) in [5.41, 5.74) is 3.29. The topological polar surface area (TPSA) is 38.0 Å². The first-order valence-corrected chi connectivity index (χ1v) is 8.42. The van der Waals surface area contributed by atoms with Gasteiger partial charge >= 0.3 is 0 Å². The summed E-state index contributed by atoms with van der Waals surface area (Å²) in [6.45, 7) is 4.07. The summed E-state index contributed by atoms with van der Waals surface area (Å²) in [7, 11) is 1.69. The molecule has 0 radical (unpaired) electrons. The van der Waals surface area contributed by atoms with Crippen LogP contribution in [0.5, 0.6) is 5.75 Å². The number of methoxy groups -OCH3 is 1. The predicted octanol–water partition coefficient (Wildman–Crippen LogP) is 4.33. The lowest BCUT2D eigenvalue weighted by Crippen LogP contribution is -2.20. The first kappa shape index (κ1) is 13.8. The van der Waals surface area contributed by atoms with E-state index in [1.807, 2.05) is 17.8 Å². The standard InChI is InChI=1S/C17H18N2O2S/c1-3-4-14-15(19-7-6-18-17(19)22-14)12-9-11-5-8-21-16(11)13(10-12)20-2/h5,8-10H,3-4,6-7H2,1-2H3. The number of benzene rings is 1. The van der Waals surface area contributed by atoms with Crippen molar-refractivity contribution in [3.05, 3.63) is 34.9 Å². The van der Waals surface area contributed by atoms with Gasteiger partial charge in [0.15, 0.2) is 16.5 Å². The molecule has 4 nitrogen and oxygen atoms in total. The summed E-state index contributed by atoms with van der Waals surface area (Å²) < 4.78 is 11.1. The third-order valence-electron chi connectivity index (χ3n) is 4.04. The lowest BCUT2D eigenvalue weighted by atomic mass is 10.1. The van der Waals surface area contributed by atoms with Gasteiger partial charge in [-0.3, -0.25) is 4.99 Å². The zero-order valence-corrected chi connectivity index (χ0v) is 13.6. The van der Waals surface area contributed by atoms with Gasteiger partial charge in [0, 0.05) is 22.4 Å². The van der Waals surface area contributed by atoms with E-state index < -0.39 is 0 Å². The minimum Gasteiger partial charge on any atom is -0.493 e. The highest BCUT2D eigenvalue weighted by Gasteiger charge is 2.32. The third kappa shape index (κ3) is 2.03. The van der Waals surface area contributed by atoms with Crippen LogP contribution < -0.4 is 4.74 Å². The van der Waals surface area contributed by atoms with E-state index in [9.17, 15) is 0 Å². The molecule has 1 aromatic heterocycles. The van der Waals surface area contributed by atoms with Crippen molar-refractivity contribution in [2.75, 3.05) is 20.2 Å². The molecule has 1 aromatic carbocycles. The van der Waals surface area contributed by atoms with Gasteiger partial charge in [-0.15, -0.1) is 0 Å². The average Bonchev–Trinajstić information content (AvgIpc) is 3.20. The van der Waals surface area contributed by atoms with E-state index in [0.717, 1.165) is 47.8 Å². The second-order valence-corrected chi connectivity index (χ2v) is 6.52. The molecule has 0 saturated heterocycles. The molecule has 0 amide bonds. The van der Waals surface area contributed by atoms with Crippen LogP contribution in [0.15, 0.2) is 38.8 Å². The Kier molecular flexibility index (Phi) is 3.37. The van der Waals surface area contributed by atoms with Crippen LogP contribution in [0.25, 0.3) is 16.7 Å². The number of thioether (sulfide) groups is 1. The summed E-state index contributed by atoms with van der Waals surface area (Å²) in [6, 6.07) is 6.26. The largest absolute Gasteiger partial charge is 0.493 e. The van der Waals surface area contributed by atoms with Crippen molar-refractivity contribution in [1.82, 2.24) is 4.90 Å². The van der Waals surface area contributed by atoms with Crippen molar-refractivity contribution < 1.29 is 9.15 Å². The van der Waals surface area contributed by atoms with Crippen molar-refractivity contribution in [1.29, 1.82) is 0 Å². The second-order valence-electron chi connectivity index (χ2n) is 5.46. The molecule has 2 aliphatic heterocycles. The highest BCUT2D eigenvalue weighted by Crippen LogP contribution is 2.45. The average molecular weight is 314 g/mol. The van der Waals surface area contributed by atoms with E-state index in [-0.39, 0.29) is 0 Å². The van der Waals surface area contributed by atoms with E-state index >= 15 is 0 Å². The fourth-order valence-corrected chi connectivity index (χ4v) is 4.38. The van der Waals surface area contributed by atoms with Gasteiger partial charge in [-0.1, -0.05) is 25.1 Å². The van der Waals surface area contributed by atoms with Gasteiger partial charge < -0.3 is 14.1 Å². The van der Waals surface area contributed by atoms with Crippen molar-refractivity contribution in [3.8, 4) is 5.75 Å². The number of rotatable bonds is 4. The molecule has 0 bridgehead atoms. The van der Waals surface area contributed by atoms with E-state index in [1.165, 1.54) is 16.2 Å². The molecule has 114 valence electrons. The van der Waals surface area contributed by atoms with Gasteiger partial charge in [0.05, 0.1) is 25.6 Å². The van der Waals surface area contributed by atoms with Gasteiger partial charge in [-0.25, -0.2) is 0 Å². The van der Waals surface area contributed by atoms with E-state index in [0.29, 0.717) is 0 Å². The third-order valence-corrected chi connectivity index (χ3v) is 5.21. The Morgan fingerprint density at radius 3 is 3.14 bits per heavy atom. The van der Waals surface area contributed by atoms with E-state index in [1.54, 1.807) is 13.4 Å². The zero-order valence-electron chi connectivity index (χ0n) is 12.8. The highest BCUT2D eigenvalue weighted by molar-refractivity contribution is 8.17. The number of hydrogen-bond acceptors (Lipinski definition) is 5. The maximum absolute atomic E-state index is 5.53. The Labute approximate surface area is 133 Å². The maximum atomic E-state index is 5.53. The summed E-state index contributed by atoms with van der Waals surface area (Å²) in [5.74, 6) is 0.787. The fourth-order valence-electron chi connectivity index (χ4n) is 3.08. The second kappa shape index (κ2) is 5.39. The molecular formula is C17H18N2O2S. The maximum Gasteiger partial charge on any atom is 0.175 e. The monoisotopic (exact) mass is 314 g/mol. The lowest BCUT2D eigenvalue weighted by molar-refractivity contribution is 0.410. The Bertz CT molecular complexity index is 791. The molecular weight excluding hydrogens is 296 g/mol. The smallest absolute Gasteiger partial charge is 0.175 e. The van der Waals surface area contributed by atoms with Gasteiger partial charge in [-0.05, 0) is 24.6 Å². The van der Waals surface area contributed by atoms with Crippen molar-refractivity contribution >= 4 is 33.6 Å². The Hall–Kier alpha value is -1.88. The molecule has 0 aliphatic carbocycles. The number of allylic oxidation sites excluding steroid dienone is 1. The summed E-state index contributed by atoms with van der Waals surface area (Å²) in [5, 5.41) is 2.22. The molecule has 2 aliphatic rings. The highest BCUT2D eigenvalue weighted by atomic mass is 32.2. The van der Waals surface area contributed by atoms with Gasteiger partial charge in [-0.2, -0.15) is 0 Å². The number of aliphatic imine (C=N–C) groups is 1. The fraction of sp³-hybridized carbons (Fsp3) is 0.353. The van der Waals surface area contributed by atoms with Crippen LogP contribution in [0.2, 0.25) is 0 Å². The minimum absolute atomic E-state index is 0.787. The normalized spacial score (nSPS) is 17.4. The first-order chi connectivity index (χ1) is 10.8. The molecule has 2 aromatic rings. The molecule has 0 unspecified atom stereocenters. The van der Waals surface area contributed by atoms with Gasteiger partial charge in [0.1, 0.15) is 0 Å². The molecule has 22 heavy (non-hydrogen) atoms. The predicted molar refractivity (Wildman–Crippen MR) is 91.2 cm³/mol. The lowest BCUT2D eigenvalue weighted by Gasteiger charge is -2.18. The van der Waals surface area contributed by atoms with Crippen LogP contribution in [0.1, 0.15) is 25.3 Å². The zero-order chi connectivity index (χ0) is 15.1. The number of fused-ring (bicyclic) bond motifs is 2. The minimum atomic E-state index is 0.787. The Morgan fingerprint density at radius 2 is 2.32 bits per heavy atom. The number of hydrogen-bond donors (Lipinski definition) is 0. The van der Waals surface area contributed by atoms with E-state index in [4.69, 9.17) is 9.15 Å². The number of ether oxygens (including phenoxy) is 1. The molecule has 0 atom stereocenters. The van der Waals surface area contributed by atoms with Crippen molar-refractivity contribution in [2.45, 2.75) is 19.8 Å². The Balaban J connectivity index is 1.88. The van der Waals surface area contributed by atoms with Crippen LogP contribution in [0.3, 0.4) is 0 Å². The number of amidine groups is 1. The summed E-state index contributed by atoms with van der Waals surface area (Å²) in [4.78, 5) is 8.37. The molecule has 0 spiro atoms. The SMILES string of the molecule is CCCC1=C(c2cc(OC)c3occc3c2)N2CCN=C2S1. The summed E-state index contributed by atoms with van der Waals surface area (Å²) in [6.07, 6.45) is 3.93. The molecule has 0 N–H and O–H groups in total.